The second-order valence-corrected chi connectivity index (χ2v) is 9.25. The van der Waals surface area contributed by atoms with Crippen LogP contribution in [0.3, 0.4) is 0 Å². The van der Waals surface area contributed by atoms with Crippen molar-refractivity contribution in [2.45, 2.75) is 43.7 Å². The lowest BCUT2D eigenvalue weighted by Crippen LogP contribution is -2.42. The Labute approximate surface area is 205 Å². The SMILES string of the molecule is Cn1cnc(C(=O)N[C@@H]2CCC[C@H](Nc3nc(C4CNc5c(F)cc(F)cc54)c(C#N)cc3F)C2)c1. The highest BCUT2D eigenvalue weighted by atomic mass is 19.1. The Morgan fingerprint density at radius 2 is 2.00 bits per heavy atom. The summed E-state index contributed by atoms with van der Waals surface area (Å²) in [5, 5.41) is 18.6. The molecule has 1 saturated carbocycles. The second-order valence-electron chi connectivity index (χ2n) is 9.25. The topological polar surface area (TPSA) is 108 Å². The van der Waals surface area contributed by atoms with Crippen LogP contribution in [0, 0.1) is 28.8 Å². The van der Waals surface area contributed by atoms with E-state index in [4.69, 9.17) is 0 Å². The van der Waals surface area contributed by atoms with Crippen molar-refractivity contribution in [1.82, 2.24) is 19.9 Å². The molecule has 1 fully saturated rings. The van der Waals surface area contributed by atoms with Crippen molar-refractivity contribution in [2.24, 2.45) is 7.05 Å². The summed E-state index contributed by atoms with van der Waals surface area (Å²) >= 11 is 0. The molecule has 2 aromatic heterocycles. The van der Waals surface area contributed by atoms with Crippen molar-refractivity contribution in [3.63, 3.8) is 0 Å². The third-order valence-corrected chi connectivity index (χ3v) is 6.69. The first-order valence-electron chi connectivity index (χ1n) is 11.7. The molecule has 186 valence electrons. The zero-order chi connectivity index (χ0) is 25.4. The molecule has 3 N–H and O–H groups in total. The number of carbonyl (C=O) groups excluding carboxylic acids is 1. The Bertz CT molecular complexity index is 1370. The van der Waals surface area contributed by atoms with Gasteiger partial charge >= 0.3 is 0 Å². The van der Waals surface area contributed by atoms with Crippen molar-refractivity contribution in [2.75, 3.05) is 17.2 Å². The molecule has 36 heavy (non-hydrogen) atoms. The molecule has 1 amide bonds. The van der Waals surface area contributed by atoms with Crippen LogP contribution in [0.15, 0.2) is 30.7 Å². The van der Waals surface area contributed by atoms with E-state index in [0.29, 0.717) is 17.7 Å². The van der Waals surface area contributed by atoms with Crippen LogP contribution in [0.25, 0.3) is 0 Å². The molecule has 1 aliphatic carbocycles. The number of halogens is 3. The first-order valence-corrected chi connectivity index (χ1v) is 11.7. The summed E-state index contributed by atoms with van der Waals surface area (Å²) < 4.78 is 44.8. The molecule has 8 nitrogen and oxygen atoms in total. The van der Waals surface area contributed by atoms with E-state index in [9.17, 15) is 23.2 Å². The fourth-order valence-electron chi connectivity index (χ4n) is 5.01. The number of nitriles is 1. The number of aromatic nitrogens is 3. The monoisotopic (exact) mass is 495 g/mol. The highest BCUT2D eigenvalue weighted by Gasteiger charge is 2.32. The van der Waals surface area contributed by atoms with E-state index in [1.807, 2.05) is 6.07 Å². The number of hydrogen-bond acceptors (Lipinski definition) is 6. The predicted octanol–water partition coefficient (Wildman–Crippen LogP) is 3.81. The number of nitrogens with zero attached hydrogens (tertiary/aromatic N) is 4. The molecular weight excluding hydrogens is 471 g/mol. The fraction of sp³-hybridized carbons (Fsp3) is 0.360. The molecule has 5 rings (SSSR count). The Balaban J connectivity index is 1.35. The fourth-order valence-corrected chi connectivity index (χ4v) is 5.01. The lowest BCUT2D eigenvalue weighted by Gasteiger charge is -2.30. The number of pyridine rings is 1. The van der Waals surface area contributed by atoms with Gasteiger partial charge in [-0.1, -0.05) is 0 Å². The summed E-state index contributed by atoms with van der Waals surface area (Å²) in [5.74, 6) is -3.06. The van der Waals surface area contributed by atoms with Gasteiger partial charge in [0.1, 0.15) is 23.4 Å². The Hall–Kier alpha value is -4.07. The first kappa shape index (κ1) is 23.7. The second kappa shape index (κ2) is 9.53. The first-order chi connectivity index (χ1) is 17.3. The number of imidazole rings is 1. The molecule has 0 saturated heterocycles. The van der Waals surface area contributed by atoms with E-state index in [1.54, 1.807) is 24.1 Å². The standard InChI is InChI=1S/C25H24F3N7O/c1-35-11-21(31-12-35)25(36)33-16-4-2-3-15(8-16)32-24-20(28)5-13(9-29)22(34-24)18-10-30-23-17(18)6-14(26)7-19(23)27/h5-7,11-12,15-16,18,30H,2-4,8,10H2,1H3,(H,32,34)(H,33,36)/t15-,16+,18?/m0/s1. The van der Waals surface area contributed by atoms with Crippen LogP contribution in [-0.2, 0) is 7.05 Å². The lowest BCUT2D eigenvalue weighted by atomic mass is 9.90. The van der Waals surface area contributed by atoms with Gasteiger partial charge in [-0.2, -0.15) is 5.26 Å². The summed E-state index contributed by atoms with van der Waals surface area (Å²) in [6.45, 7) is 0.202. The zero-order valence-electron chi connectivity index (χ0n) is 19.5. The lowest BCUT2D eigenvalue weighted by molar-refractivity contribution is 0.0921. The maximum Gasteiger partial charge on any atom is 0.271 e. The highest BCUT2D eigenvalue weighted by molar-refractivity contribution is 5.92. The molecule has 3 atom stereocenters. The Kier molecular flexibility index (Phi) is 6.26. The molecule has 2 aliphatic rings. The minimum atomic E-state index is -0.736. The van der Waals surface area contributed by atoms with Gasteiger partial charge in [0, 0.05) is 43.9 Å². The maximum absolute atomic E-state index is 14.9. The van der Waals surface area contributed by atoms with E-state index in [-0.39, 0.29) is 47.3 Å². The summed E-state index contributed by atoms with van der Waals surface area (Å²) in [6, 6.07) is 4.75. The Morgan fingerprint density at radius 1 is 1.19 bits per heavy atom. The van der Waals surface area contributed by atoms with Crippen molar-refractivity contribution in [1.29, 1.82) is 5.26 Å². The maximum atomic E-state index is 14.9. The van der Waals surface area contributed by atoms with Crippen LogP contribution in [0.5, 0.6) is 0 Å². The van der Waals surface area contributed by atoms with E-state index in [1.165, 1.54) is 6.07 Å². The summed E-state index contributed by atoms with van der Waals surface area (Å²) in [7, 11) is 1.78. The number of hydrogen-bond donors (Lipinski definition) is 3. The molecule has 1 unspecified atom stereocenters. The van der Waals surface area contributed by atoms with Gasteiger partial charge in [-0.25, -0.2) is 23.1 Å². The van der Waals surface area contributed by atoms with Crippen molar-refractivity contribution >= 4 is 17.4 Å². The normalized spacial score (nSPS) is 20.8. The van der Waals surface area contributed by atoms with E-state index in [0.717, 1.165) is 31.4 Å². The number of carbonyl (C=O) groups is 1. The van der Waals surface area contributed by atoms with Gasteiger partial charge in [0.15, 0.2) is 11.6 Å². The quantitative estimate of drug-likeness (QED) is 0.497. The van der Waals surface area contributed by atoms with Gasteiger partial charge in [0.25, 0.3) is 5.91 Å². The van der Waals surface area contributed by atoms with Crippen LogP contribution in [0.2, 0.25) is 0 Å². The molecule has 1 aromatic carbocycles. The summed E-state index contributed by atoms with van der Waals surface area (Å²) in [6.07, 6.45) is 6.09. The van der Waals surface area contributed by atoms with Crippen molar-refractivity contribution < 1.29 is 18.0 Å². The number of fused-ring (bicyclic) bond motifs is 1. The number of benzene rings is 1. The van der Waals surface area contributed by atoms with Crippen LogP contribution >= 0.6 is 0 Å². The molecular formula is C25H24F3N7O. The van der Waals surface area contributed by atoms with Gasteiger partial charge in [-0.05, 0) is 43.4 Å². The minimum absolute atomic E-state index is 0.00603. The number of anilines is 2. The molecule has 11 heteroatoms. The molecule has 0 radical (unpaired) electrons. The third-order valence-electron chi connectivity index (χ3n) is 6.69. The predicted molar refractivity (Wildman–Crippen MR) is 126 cm³/mol. The third kappa shape index (κ3) is 4.58. The minimum Gasteiger partial charge on any atom is -0.381 e. The van der Waals surface area contributed by atoms with Crippen LogP contribution < -0.4 is 16.0 Å². The molecule has 3 heterocycles. The molecule has 3 aromatic rings. The number of amides is 1. The molecule has 0 spiro atoms. The van der Waals surface area contributed by atoms with E-state index < -0.39 is 23.4 Å². The average Bonchev–Trinajstić information content (AvgIpc) is 3.47. The molecule has 0 bridgehead atoms. The number of rotatable bonds is 5. The summed E-state index contributed by atoms with van der Waals surface area (Å²) in [5.41, 5.74) is 1.07. The number of aryl methyl sites for hydroxylation is 1. The zero-order valence-corrected chi connectivity index (χ0v) is 19.5. The van der Waals surface area contributed by atoms with Gasteiger partial charge in [0.2, 0.25) is 0 Å². The van der Waals surface area contributed by atoms with Gasteiger partial charge < -0.3 is 20.5 Å². The van der Waals surface area contributed by atoms with E-state index >= 15 is 0 Å². The highest BCUT2D eigenvalue weighted by Crippen LogP contribution is 2.39. The van der Waals surface area contributed by atoms with Gasteiger partial charge in [-0.15, -0.1) is 0 Å². The molecule has 1 aliphatic heterocycles. The average molecular weight is 496 g/mol. The van der Waals surface area contributed by atoms with Crippen LogP contribution in [0.4, 0.5) is 24.7 Å². The van der Waals surface area contributed by atoms with E-state index in [2.05, 4.69) is 25.9 Å². The van der Waals surface area contributed by atoms with Gasteiger partial charge in [0.05, 0.1) is 23.3 Å². The van der Waals surface area contributed by atoms with Gasteiger partial charge in [-0.3, -0.25) is 4.79 Å². The smallest absolute Gasteiger partial charge is 0.271 e. The van der Waals surface area contributed by atoms with Crippen molar-refractivity contribution in [3.05, 3.63) is 70.7 Å². The van der Waals surface area contributed by atoms with Crippen molar-refractivity contribution in [3.8, 4) is 6.07 Å². The van der Waals surface area contributed by atoms with Crippen LogP contribution in [0.1, 0.15) is 58.9 Å². The van der Waals surface area contributed by atoms with Crippen LogP contribution in [-0.4, -0.2) is 39.1 Å². The number of nitrogens with one attached hydrogen (secondary N) is 3. The Morgan fingerprint density at radius 3 is 2.75 bits per heavy atom. The summed E-state index contributed by atoms with van der Waals surface area (Å²) in [4.78, 5) is 21.0. The largest absolute Gasteiger partial charge is 0.381 e.